The molecule has 0 bridgehead atoms. The van der Waals surface area contributed by atoms with Gasteiger partial charge >= 0.3 is 0 Å². The Labute approximate surface area is 148 Å². The Kier molecular flexibility index (Phi) is 6.04. The highest BCUT2D eigenvalue weighted by Gasteiger charge is 2.20. The van der Waals surface area contributed by atoms with Crippen LogP contribution in [0.2, 0.25) is 0 Å². The van der Waals surface area contributed by atoms with Crippen molar-refractivity contribution >= 4 is 11.0 Å². The molecule has 25 heavy (non-hydrogen) atoms. The molecule has 1 aliphatic carbocycles. The van der Waals surface area contributed by atoms with Crippen molar-refractivity contribution in [2.24, 2.45) is 0 Å². The van der Waals surface area contributed by atoms with Crippen LogP contribution in [0.15, 0.2) is 29.1 Å². The fourth-order valence-corrected chi connectivity index (χ4v) is 3.75. The third-order valence-corrected chi connectivity index (χ3v) is 5.11. The first kappa shape index (κ1) is 17.9. The van der Waals surface area contributed by atoms with Crippen molar-refractivity contribution < 1.29 is 9.84 Å². The van der Waals surface area contributed by atoms with E-state index >= 15 is 0 Å². The number of ether oxygens (including phenoxy) is 1. The van der Waals surface area contributed by atoms with E-state index in [-0.39, 0.29) is 12.2 Å². The molecule has 0 unspecified atom stereocenters. The Morgan fingerprint density at radius 1 is 1.20 bits per heavy atom. The molecule has 136 valence electrons. The Bertz CT molecular complexity index is 753. The van der Waals surface area contributed by atoms with Gasteiger partial charge in [0.15, 0.2) is 0 Å². The zero-order chi connectivity index (χ0) is 17.6. The van der Waals surface area contributed by atoms with Gasteiger partial charge in [-0.05, 0) is 25.0 Å². The molecule has 0 aliphatic heterocycles. The van der Waals surface area contributed by atoms with Gasteiger partial charge in [-0.15, -0.1) is 0 Å². The second-order valence-corrected chi connectivity index (χ2v) is 6.64. The predicted octanol–water partition coefficient (Wildman–Crippen LogP) is 2.03. The topological polar surface area (TPSA) is 67.6 Å². The van der Waals surface area contributed by atoms with Gasteiger partial charge < -0.3 is 9.84 Å². The molecule has 1 N–H and O–H groups in total. The van der Waals surface area contributed by atoms with Gasteiger partial charge in [0.25, 0.3) is 5.56 Å². The minimum atomic E-state index is -0.0548. The fourth-order valence-electron chi connectivity index (χ4n) is 3.75. The van der Waals surface area contributed by atoms with Crippen molar-refractivity contribution in [1.29, 1.82) is 0 Å². The van der Waals surface area contributed by atoms with Crippen LogP contribution in [-0.4, -0.2) is 52.4 Å². The Hall–Kier alpha value is -1.92. The molecule has 2 aromatic heterocycles. The van der Waals surface area contributed by atoms with Crippen LogP contribution in [-0.2, 0) is 6.54 Å². The summed E-state index contributed by atoms with van der Waals surface area (Å²) in [6.07, 6.45) is 6.15. The summed E-state index contributed by atoms with van der Waals surface area (Å²) in [5.74, 6) is 0.506. The highest BCUT2D eigenvalue weighted by Crippen LogP contribution is 2.22. The van der Waals surface area contributed by atoms with Crippen molar-refractivity contribution in [1.82, 2.24) is 14.5 Å². The van der Waals surface area contributed by atoms with Crippen LogP contribution >= 0.6 is 0 Å². The summed E-state index contributed by atoms with van der Waals surface area (Å²) in [4.78, 5) is 19.2. The summed E-state index contributed by atoms with van der Waals surface area (Å²) in [6.45, 7) is 2.10. The predicted molar refractivity (Wildman–Crippen MR) is 98.1 cm³/mol. The molecule has 0 aromatic carbocycles. The SMILES string of the molecule is COc1ccc2ccc(=O)n(CCN(CCO)C3CCCCC3)c2n1. The minimum absolute atomic E-state index is 0.0548. The first-order chi connectivity index (χ1) is 12.2. The molecule has 1 fully saturated rings. The lowest BCUT2D eigenvalue weighted by molar-refractivity contribution is 0.120. The number of fused-ring (bicyclic) bond motifs is 1. The number of aromatic nitrogens is 2. The lowest BCUT2D eigenvalue weighted by atomic mass is 9.94. The van der Waals surface area contributed by atoms with Gasteiger partial charge in [0.05, 0.1) is 13.7 Å². The van der Waals surface area contributed by atoms with Crippen molar-refractivity contribution in [2.45, 2.75) is 44.7 Å². The average molecular weight is 345 g/mol. The lowest BCUT2D eigenvalue weighted by Crippen LogP contribution is -2.41. The van der Waals surface area contributed by atoms with E-state index in [0.29, 0.717) is 30.7 Å². The summed E-state index contributed by atoms with van der Waals surface area (Å²) in [6, 6.07) is 7.62. The molecule has 1 saturated carbocycles. The van der Waals surface area contributed by atoms with E-state index in [4.69, 9.17) is 4.74 Å². The normalized spacial score (nSPS) is 15.8. The molecule has 0 spiro atoms. The van der Waals surface area contributed by atoms with Crippen LogP contribution in [0.25, 0.3) is 11.0 Å². The molecule has 0 atom stereocenters. The molecule has 2 aromatic rings. The van der Waals surface area contributed by atoms with Crippen molar-refractivity contribution in [3.8, 4) is 5.88 Å². The highest BCUT2D eigenvalue weighted by atomic mass is 16.5. The number of rotatable bonds is 7. The summed E-state index contributed by atoms with van der Waals surface area (Å²) >= 11 is 0. The number of aliphatic hydroxyl groups excluding tert-OH is 1. The summed E-state index contributed by atoms with van der Waals surface area (Å²) < 4.78 is 6.92. The lowest BCUT2D eigenvalue weighted by Gasteiger charge is -2.34. The second-order valence-electron chi connectivity index (χ2n) is 6.64. The molecule has 6 heteroatoms. The first-order valence-corrected chi connectivity index (χ1v) is 9.12. The Morgan fingerprint density at radius 2 is 1.96 bits per heavy atom. The van der Waals surface area contributed by atoms with Gasteiger partial charge in [0.1, 0.15) is 5.65 Å². The standard InChI is InChI=1S/C19H27N3O3/c1-25-17-9-7-15-8-10-18(24)22(19(15)20-17)12-11-21(13-14-23)16-5-3-2-4-6-16/h7-10,16,23H,2-6,11-14H2,1H3. The van der Waals surface area contributed by atoms with E-state index in [9.17, 15) is 9.90 Å². The molecular formula is C19H27N3O3. The Morgan fingerprint density at radius 3 is 2.68 bits per heavy atom. The van der Waals surface area contributed by atoms with E-state index in [1.54, 1.807) is 29.9 Å². The van der Waals surface area contributed by atoms with Crippen LogP contribution in [0, 0.1) is 0 Å². The molecule has 2 heterocycles. The largest absolute Gasteiger partial charge is 0.481 e. The number of pyridine rings is 2. The number of hydrogen-bond acceptors (Lipinski definition) is 5. The van der Waals surface area contributed by atoms with Gasteiger partial charge in [0.2, 0.25) is 5.88 Å². The van der Waals surface area contributed by atoms with Gasteiger partial charge in [0, 0.05) is 43.2 Å². The van der Waals surface area contributed by atoms with Crippen molar-refractivity contribution in [3.05, 3.63) is 34.6 Å². The van der Waals surface area contributed by atoms with Crippen LogP contribution in [0.5, 0.6) is 5.88 Å². The molecule has 0 amide bonds. The number of nitrogens with zero attached hydrogens (tertiary/aromatic N) is 3. The molecule has 1 aliphatic rings. The Balaban J connectivity index is 1.83. The molecular weight excluding hydrogens is 318 g/mol. The van der Waals surface area contributed by atoms with E-state index in [2.05, 4.69) is 9.88 Å². The highest BCUT2D eigenvalue weighted by molar-refractivity contribution is 5.75. The van der Waals surface area contributed by atoms with Crippen molar-refractivity contribution in [2.75, 3.05) is 26.8 Å². The maximum Gasteiger partial charge on any atom is 0.252 e. The summed E-state index contributed by atoms with van der Waals surface area (Å²) in [7, 11) is 1.58. The molecule has 0 saturated heterocycles. The fraction of sp³-hybridized carbons (Fsp3) is 0.579. The van der Waals surface area contributed by atoms with Crippen LogP contribution in [0.3, 0.4) is 0 Å². The number of aliphatic hydroxyl groups is 1. The number of hydrogen-bond donors (Lipinski definition) is 1. The average Bonchev–Trinajstić information content (AvgIpc) is 2.66. The zero-order valence-corrected chi connectivity index (χ0v) is 14.9. The van der Waals surface area contributed by atoms with Gasteiger partial charge in [-0.1, -0.05) is 19.3 Å². The van der Waals surface area contributed by atoms with Crippen molar-refractivity contribution in [3.63, 3.8) is 0 Å². The molecule has 3 rings (SSSR count). The van der Waals surface area contributed by atoms with Crippen LogP contribution in [0.1, 0.15) is 32.1 Å². The number of methoxy groups -OCH3 is 1. The smallest absolute Gasteiger partial charge is 0.252 e. The molecule has 6 nitrogen and oxygen atoms in total. The third-order valence-electron chi connectivity index (χ3n) is 5.11. The summed E-state index contributed by atoms with van der Waals surface area (Å²) in [5, 5.41) is 10.3. The van der Waals surface area contributed by atoms with E-state index in [0.717, 1.165) is 11.9 Å². The van der Waals surface area contributed by atoms with Gasteiger partial charge in [-0.2, -0.15) is 4.98 Å². The third kappa shape index (κ3) is 4.19. The van der Waals surface area contributed by atoms with Crippen LogP contribution < -0.4 is 10.3 Å². The quantitative estimate of drug-likeness (QED) is 0.832. The van der Waals surface area contributed by atoms with Gasteiger partial charge in [-0.3, -0.25) is 14.3 Å². The monoisotopic (exact) mass is 345 g/mol. The molecule has 0 radical (unpaired) electrons. The second kappa shape index (κ2) is 8.45. The van der Waals surface area contributed by atoms with E-state index in [1.165, 1.54) is 32.1 Å². The maximum absolute atomic E-state index is 12.4. The van der Waals surface area contributed by atoms with E-state index in [1.807, 2.05) is 6.07 Å². The summed E-state index contributed by atoms with van der Waals surface area (Å²) in [5.41, 5.74) is 0.597. The maximum atomic E-state index is 12.4. The van der Waals surface area contributed by atoms with Gasteiger partial charge in [-0.25, -0.2) is 0 Å². The van der Waals surface area contributed by atoms with Crippen LogP contribution in [0.4, 0.5) is 0 Å². The minimum Gasteiger partial charge on any atom is -0.481 e. The van der Waals surface area contributed by atoms with E-state index < -0.39 is 0 Å². The zero-order valence-electron chi connectivity index (χ0n) is 14.9. The first-order valence-electron chi connectivity index (χ1n) is 9.12.